The van der Waals surface area contributed by atoms with Crippen molar-refractivity contribution in [2.75, 3.05) is 6.54 Å². The molecule has 3 aromatic heterocycles. The third-order valence-corrected chi connectivity index (χ3v) is 5.80. The Morgan fingerprint density at radius 3 is 2.85 bits per heavy atom. The lowest BCUT2D eigenvalue weighted by Crippen LogP contribution is -2.31. The second-order valence-electron chi connectivity index (χ2n) is 7.72. The molecule has 0 N–H and O–H groups in total. The van der Waals surface area contributed by atoms with Gasteiger partial charge in [0.2, 0.25) is 0 Å². The van der Waals surface area contributed by atoms with E-state index in [2.05, 4.69) is 16.1 Å². The second-order valence-corrected chi connectivity index (χ2v) is 7.72. The molecule has 1 saturated carbocycles. The molecule has 0 radical (unpaired) electrons. The van der Waals surface area contributed by atoms with E-state index in [0.29, 0.717) is 5.92 Å². The lowest BCUT2D eigenvalue weighted by molar-refractivity contribution is 0.0737. The highest BCUT2D eigenvalue weighted by Gasteiger charge is 2.34. The summed E-state index contributed by atoms with van der Waals surface area (Å²) >= 11 is 0. The van der Waals surface area contributed by atoms with Crippen LogP contribution in [0.2, 0.25) is 0 Å². The summed E-state index contributed by atoms with van der Waals surface area (Å²) in [6, 6.07) is 6.12. The van der Waals surface area contributed by atoms with Crippen LogP contribution in [0.5, 0.6) is 0 Å². The van der Waals surface area contributed by atoms with Crippen molar-refractivity contribution in [3.8, 4) is 0 Å². The van der Waals surface area contributed by atoms with E-state index >= 15 is 0 Å². The number of amides is 1. The maximum atomic E-state index is 13.6. The van der Waals surface area contributed by atoms with E-state index in [9.17, 15) is 4.79 Å². The second kappa shape index (κ2) is 6.15. The zero-order valence-electron chi connectivity index (χ0n) is 15.7. The van der Waals surface area contributed by atoms with Crippen molar-refractivity contribution in [2.45, 2.75) is 44.6 Å². The number of hydrogen-bond acceptors (Lipinski definition) is 4. The molecule has 2 aliphatic rings. The summed E-state index contributed by atoms with van der Waals surface area (Å²) in [6.45, 7) is 2.74. The minimum atomic E-state index is 0.0896. The number of fused-ring (bicyclic) bond motifs is 1. The van der Waals surface area contributed by atoms with Gasteiger partial charge in [-0.1, -0.05) is 6.07 Å². The van der Waals surface area contributed by atoms with E-state index in [1.54, 1.807) is 10.9 Å². The lowest BCUT2D eigenvalue weighted by atomic mass is 10.0. The monoisotopic (exact) mass is 361 g/mol. The standard InChI is InChI=1S/C21H23N5O/c1-13-19-16(11-17(14-7-8-14)23-20(19)25(2)24-13)21(27)26-10-4-6-18(26)15-5-3-9-22-12-15/h3,5,9,11-12,14,18H,4,6-8,10H2,1-2H3. The van der Waals surface area contributed by atoms with Crippen LogP contribution in [0.4, 0.5) is 0 Å². The number of carbonyl (C=O) groups excluding carboxylic acids is 1. The van der Waals surface area contributed by atoms with Crippen molar-refractivity contribution in [3.63, 3.8) is 0 Å². The molecule has 1 aliphatic heterocycles. The van der Waals surface area contributed by atoms with Crippen molar-refractivity contribution in [2.24, 2.45) is 7.05 Å². The fourth-order valence-corrected chi connectivity index (χ4v) is 4.31. The summed E-state index contributed by atoms with van der Waals surface area (Å²) in [5.74, 6) is 0.579. The van der Waals surface area contributed by atoms with Crippen molar-refractivity contribution in [1.82, 2.24) is 24.6 Å². The van der Waals surface area contributed by atoms with Gasteiger partial charge in [0.25, 0.3) is 5.91 Å². The normalized spacial score (nSPS) is 19.8. The van der Waals surface area contributed by atoms with E-state index in [1.165, 1.54) is 0 Å². The molecule has 0 aromatic carbocycles. The van der Waals surface area contributed by atoms with Gasteiger partial charge in [0.05, 0.1) is 22.7 Å². The number of carbonyl (C=O) groups is 1. The van der Waals surface area contributed by atoms with Crippen LogP contribution in [0.1, 0.15) is 65.0 Å². The average Bonchev–Trinajstić information content (AvgIpc) is 3.35. The van der Waals surface area contributed by atoms with Crippen molar-refractivity contribution in [3.05, 3.63) is 53.1 Å². The Hall–Kier alpha value is -2.76. The lowest BCUT2D eigenvalue weighted by Gasteiger charge is -2.25. The third-order valence-electron chi connectivity index (χ3n) is 5.80. The Morgan fingerprint density at radius 1 is 1.26 bits per heavy atom. The molecule has 3 aromatic rings. The smallest absolute Gasteiger partial charge is 0.255 e. The highest BCUT2D eigenvalue weighted by Crippen LogP contribution is 2.41. The van der Waals surface area contributed by atoms with Crippen LogP contribution in [0.25, 0.3) is 11.0 Å². The Kier molecular flexibility index (Phi) is 3.74. The Labute approximate surface area is 158 Å². The topological polar surface area (TPSA) is 63.9 Å². The first-order valence-corrected chi connectivity index (χ1v) is 9.68. The molecule has 5 rings (SSSR count). The van der Waals surface area contributed by atoms with Crippen LogP contribution in [0.3, 0.4) is 0 Å². The van der Waals surface area contributed by atoms with Gasteiger partial charge in [-0.25, -0.2) is 4.98 Å². The van der Waals surface area contributed by atoms with Gasteiger partial charge in [0.1, 0.15) is 0 Å². The molecular weight excluding hydrogens is 338 g/mol. The maximum absolute atomic E-state index is 13.6. The number of pyridine rings is 2. The zero-order valence-corrected chi connectivity index (χ0v) is 15.7. The van der Waals surface area contributed by atoms with Crippen molar-refractivity contribution < 1.29 is 4.79 Å². The molecule has 1 atom stereocenters. The van der Waals surface area contributed by atoms with E-state index in [-0.39, 0.29) is 11.9 Å². The Morgan fingerprint density at radius 2 is 2.11 bits per heavy atom. The molecular formula is C21H23N5O. The number of aryl methyl sites for hydroxylation is 2. The van der Waals surface area contributed by atoms with Gasteiger partial charge < -0.3 is 4.90 Å². The minimum Gasteiger partial charge on any atom is -0.332 e. The summed E-state index contributed by atoms with van der Waals surface area (Å²) in [5, 5.41) is 5.42. The zero-order chi connectivity index (χ0) is 18.5. The van der Waals surface area contributed by atoms with Crippen molar-refractivity contribution >= 4 is 16.9 Å². The first-order chi connectivity index (χ1) is 13.1. The van der Waals surface area contributed by atoms with Crippen LogP contribution >= 0.6 is 0 Å². The highest BCUT2D eigenvalue weighted by atomic mass is 16.2. The largest absolute Gasteiger partial charge is 0.332 e. The predicted octanol–water partition coefficient (Wildman–Crippen LogP) is 3.53. The van der Waals surface area contributed by atoms with Gasteiger partial charge in [-0.05, 0) is 50.3 Å². The fourth-order valence-electron chi connectivity index (χ4n) is 4.31. The molecule has 1 saturated heterocycles. The van der Waals surface area contributed by atoms with Crippen LogP contribution in [0, 0.1) is 6.92 Å². The van der Waals surface area contributed by atoms with Gasteiger partial charge >= 0.3 is 0 Å². The fraction of sp³-hybridized carbons (Fsp3) is 0.429. The van der Waals surface area contributed by atoms with Crippen molar-refractivity contribution in [1.29, 1.82) is 0 Å². The van der Waals surface area contributed by atoms with Crippen LogP contribution in [0.15, 0.2) is 30.6 Å². The molecule has 2 fully saturated rings. The highest BCUT2D eigenvalue weighted by molar-refractivity contribution is 6.06. The van der Waals surface area contributed by atoms with E-state index in [0.717, 1.165) is 65.8 Å². The van der Waals surface area contributed by atoms with Gasteiger partial charge in [0, 0.05) is 37.6 Å². The Bertz CT molecular complexity index is 1020. The number of nitrogens with zero attached hydrogens (tertiary/aromatic N) is 5. The molecule has 6 heteroatoms. The van der Waals surface area contributed by atoms with E-state index < -0.39 is 0 Å². The molecule has 4 heterocycles. The summed E-state index contributed by atoms with van der Waals surface area (Å²) in [4.78, 5) is 24.7. The summed E-state index contributed by atoms with van der Waals surface area (Å²) < 4.78 is 1.80. The first kappa shape index (κ1) is 16.4. The molecule has 0 bridgehead atoms. The first-order valence-electron chi connectivity index (χ1n) is 9.68. The minimum absolute atomic E-state index is 0.0896. The molecule has 6 nitrogen and oxygen atoms in total. The molecule has 1 amide bonds. The average molecular weight is 361 g/mol. The van der Waals surface area contributed by atoms with Gasteiger partial charge in [-0.3, -0.25) is 14.5 Å². The SMILES string of the molecule is Cc1nn(C)c2nc(C3CC3)cc(C(=O)N3CCCC3c3cccnc3)c12. The summed E-state index contributed by atoms with van der Waals surface area (Å²) in [6.07, 6.45) is 7.96. The van der Waals surface area contributed by atoms with Gasteiger partial charge in [-0.15, -0.1) is 0 Å². The van der Waals surface area contributed by atoms with E-state index in [4.69, 9.17) is 4.98 Å². The van der Waals surface area contributed by atoms with Gasteiger partial charge in [-0.2, -0.15) is 5.10 Å². The number of rotatable bonds is 3. The predicted molar refractivity (Wildman–Crippen MR) is 102 cm³/mol. The summed E-state index contributed by atoms with van der Waals surface area (Å²) in [5.41, 5.74) is 4.58. The quantitative estimate of drug-likeness (QED) is 0.716. The Balaban J connectivity index is 1.61. The summed E-state index contributed by atoms with van der Waals surface area (Å²) in [7, 11) is 1.90. The third kappa shape index (κ3) is 2.71. The molecule has 27 heavy (non-hydrogen) atoms. The number of hydrogen-bond donors (Lipinski definition) is 0. The molecule has 1 aliphatic carbocycles. The number of aromatic nitrogens is 4. The van der Waals surface area contributed by atoms with Crippen LogP contribution < -0.4 is 0 Å². The number of likely N-dealkylation sites (tertiary alicyclic amines) is 1. The van der Waals surface area contributed by atoms with Crippen LogP contribution in [-0.2, 0) is 7.05 Å². The van der Waals surface area contributed by atoms with Gasteiger partial charge in [0.15, 0.2) is 5.65 Å². The molecule has 1 unspecified atom stereocenters. The molecule has 138 valence electrons. The van der Waals surface area contributed by atoms with E-state index in [1.807, 2.05) is 37.2 Å². The van der Waals surface area contributed by atoms with Crippen LogP contribution in [-0.4, -0.2) is 37.1 Å². The maximum Gasteiger partial charge on any atom is 0.255 e. The molecule has 0 spiro atoms.